The van der Waals surface area contributed by atoms with Gasteiger partial charge in [-0.15, -0.1) is 0 Å². The van der Waals surface area contributed by atoms with Gasteiger partial charge in [0.25, 0.3) is 10.0 Å². The molecule has 1 rings (SSSR count). The third kappa shape index (κ3) is 4.41. The maximum Gasteiger partial charge on any atom is 0.258 e. The normalized spacial score (nSPS) is 13.5. The molecule has 1 heterocycles. The lowest BCUT2D eigenvalue weighted by Crippen LogP contribution is -2.30. The molecule has 0 bridgehead atoms. The summed E-state index contributed by atoms with van der Waals surface area (Å²) in [7, 11) is -3.53. The van der Waals surface area contributed by atoms with Crippen LogP contribution in [0.4, 0.5) is 0 Å². The van der Waals surface area contributed by atoms with Gasteiger partial charge in [-0.3, -0.25) is 0 Å². The first kappa shape index (κ1) is 14.1. The molecule has 0 saturated carbocycles. The van der Waals surface area contributed by atoms with Crippen molar-refractivity contribution in [2.45, 2.75) is 24.8 Å². The fourth-order valence-electron chi connectivity index (χ4n) is 1.44. The molecule has 5 nitrogen and oxygen atoms in total. The van der Waals surface area contributed by atoms with Crippen molar-refractivity contribution in [3.05, 3.63) is 24.4 Å². The second kappa shape index (κ2) is 6.68. The van der Waals surface area contributed by atoms with E-state index in [0.717, 1.165) is 6.42 Å². The van der Waals surface area contributed by atoms with Crippen molar-refractivity contribution in [1.82, 2.24) is 9.71 Å². The van der Waals surface area contributed by atoms with Crippen LogP contribution in [-0.2, 0) is 10.0 Å². The minimum atomic E-state index is -3.53. The van der Waals surface area contributed by atoms with E-state index in [2.05, 4.69) is 9.71 Å². The highest BCUT2D eigenvalue weighted by Crippen LogP contribution is 2.08. The summed E-state index contributed by atoms with van der Waals surface area (Å²) in [6.45, 7) is 2.37. The lowest BCUT2D eigenvalue weighted by molar-refractivity contribution is 0.254. The van der Waals surface area contributed by atoms with Crippen LogP contribution in [0.5, 0.6) is 0 Å². The molecular formula is C11H18N2O3S. The van der Waals surface area contributed by atoms with E-state index in [0.29, 0.717) is 13.0 Å². The third-order valence-electron chi connectivity index (χ3n) is 2.59. The summed E-state index contributed by atoms with van der Waals surface area (Å²) in [6.07, 6.45) is 2.87. The van der Waals surface area contributed by atoms with E-state index >= 15 is 0 Å². The van der Waals surface area contributed by atoms with E-state index in [1.54, 1.807) is 12.1 Å². The quantitative estimate of drug-likeness (QED) is 0.757. The number of rotatable bonds is 7. The average molecular weight is 258 g/mol. The van der Waals surface area contributed by atoms with Crippen LogP contribution >= 0.6 is 0 Å². The Balaban J connectivity index is 2.62. The van der Waals surface area contributed by atoms with Crippen LogP contribution in [0.1, 0.15) is 19.8 Å². The first-order chi connectivity index (χ1) is 8.10. The molecule has 0 fully saturated rings. The number of aromatic nitrogens is 1. The molecule has 17 heavy (non-hydrogen) atoms. The SMILES string of the molecule is CCC(CCO)CNS(=O)(=O)c1ccccn1. The summed E-state index contributed by atoms with van der Waals surface area (Å²) < 4.78 is 26.2. The van der Waals surface area contributed by atoms with Gasteiger partial charge in [0, 0.05) is 19.3 Å². The zero-order valence-electron chi connectivity index (χ0n) is 9.83. The molecular weight excluding hydrogens is 240 g/mol. The van der Waals surface area contributed by atoms with Crippen LogP contribution in [0.3, 0.4) is 0 Å². The van der Waals surface area contributed by atoms with Crippen molar-refractivity contribution in [2.24, 2.45) is 5.92 Å². The maximum absolute atomic E-state index is 11.8. The number of sulfonamides is 1. The van der Waals surface area contributed by atoms with Crippen LogP contribution in [0, 0.1) is 5.92 Å². The van der Waals surface area contributed by atoms with E-state index in [4.69, 9.17) is 5.11 Å². The van der Waals surface area contributed by atoms with E-state index in [1.165, 1.54) is 12.3 Å². The predicted octanol–water partition coefficient (Wildman–Crippen LogP) is 0.769. The van der Waals surface area contributed by atoms with Gasteiger partial charge in [0.1, 0.15) is 0 Å². The van der Waals surface area contributed by atoms with Gasteiger partial charge in [-0.05, 0) is 24.5 Å². The Hall–Kier alpha value is -0.980. The lowest BCUT2D eigenvalue weighted by atomic mass is 10.0. The molecule has 1 aromatic rings. The van der Waals surface area contributed by atoms with Gasteiger partial charge < -0.3 is 5.11 Å². The topological polar surface area (TPSA) is 79.3 Å². The maximum atomic E-state index is 11.8. The van der Waals surface area contributed by atoms with Crippen LogP contribution in [0.15, 0.2) is 29.4 Å². The minimum Gasteiger partial charge on any atom is -0.396 e. The predicted molar refractivity (Wildman–Crippen MR) is 64.9 cm³/mol. The highest BCUT2D eigenvalue weighted by Gasteiger charge is 2.16. The molecule has 1 atom stereocenters. The van der Waals surface area contributed by atoms with Crippen LogP contribution in [0.25, 0.3) is 0 Å². The summed E-state index contributed by atoms with van der Waals surface area (Å²) >= 11 is 0. The standard InChI is InChI=1S/C11H18N2O3S/c1-2-10(6-8-14)9-13-17(15,16)11-5-3-4-7-12-11/h3-5,7,10,13-14H,2,6,8-9H2,1H3. The lowest BCUT2D eigenvalue weighted by Gasteiger charge is -2.14. The molecule has 0 aromatic carbocycles. The van der Waals surface area contributed by atoms with E-state index < -0.39 is 10.0 Å². The van der Waals surface area contributed by atoms with Gasteiger partial charge in [0.05, 0.1) is 0 Å². The van der Waals surface area contributed by atoms with E-state index in [-0.39, 0.29) is 17.6 Å². The van der Waals surface area contributed by atoms with Gasteiger partial charge in [0.2, 0.25) is 0 Å². The Morgan fingerprint density at radius 2 is 2.24 bits per heavy atom. The molecule has 0 aliphatic rings. The Labute approximate surface area is 102 Å². The highest BCUT2D eigenvalue weighted by molar-refractivity contribution is 7.89. The second-order valence-electron chi connectivity index (χ2n) is 3.81. The summed E-state index contributed by atoms with van der Waals surface area (Å²) in [5.41, 5.74) is 0. The monoisotopic (exact) mass is 258 g/mol. The molecule has 1 aromatic heterocycles. The van der Waals surface area contributed by atoms with Gasteiger partial charge in [-0.25, -0.2) is 18.1 Å². The van der Waals surface area contributed by atoms with Gasteiger partial charge in [-0.2, -0.15) is 0 Å². The number of nitrogens with one attached hydrogen (secondary N) is 1. The second-order valence-corrected chi connectivity index (χ2v) is 5.52. The molecule has 2 N–H and O–H groups in total. The smallest absolute Gasteiger partial charge is 0.258 e. The molecule has 0 saturated heterocycles. The molecule has 0 spiro atoms. The number of hydrogen-bond acceptors (Lipinski definition) is 4. The fourth-order valence-corrected chi connectivity index (χ4v) is 2.50. The fraction of sp³-hybridized carbons (Fsp3) is 0.545. The zero-order chi connectivity index (χ0) is 12.7. The number of aliphatic hydroxyl groups is 1. The number of hydrogen-bond donors (Lipinski definition) is 2. The van der Waals surface area contributed by atoms with Crippen molar-refractivity contribution in [3.8, 4) is 0 Å². The Kier molecular flexibility index (Phi) is 5.54. The first-order valence-corrected chi connectivity index (χ1v) is 7.10. The molecule has 0 amide bonds. The summed E-state index contributed by atoms with van der Waals surface area (Å²) in [4.78, 5) is 3.80. The highest BCUT2D eigenvalue weighted by atomic mass is 32.2. The molecule has 0 aliphatic heterocycles. The van der Waals surface area contributed by atoms with Gasteiger partial charge >= 0.3 is 0 Å². The van der Waals surface area contributed by atoms with Crippen molar-refractivity contribution in [3.63, 3.8) is 0 Å². The van der Waals surface area contributed by atoms with Crippen molar-refractivity contribution >= 4 is 10.0 Å². The summed E-state index contributed by atoms with van der Waals surface area (Å²) in [5, 5.41) is 8.85. The first-order valence-electron chi connectivity index (χ1n) is 5.61. The molecule has 0 aliphatic carbocycles. The number of aliphatic hydroxyl groups excluding tert-OH is 1. The number of nitrogens with zero attached hydrogens (tertiary/aromatic N) is 1. The Bertz CT molecular complexity index is 420. The van der Waals surface area contributed by atoms with Gasteiger partial charge in [0.15, 0.2) is 5.03 Å². The van der Waals surface area contributed by atoms with Crippen LogP contribution in [-0.4, -0.2) is 31.7 Å². The largest absolute Gasteiger partial charge is 0.396 e. The van der Waals surface area contributed by atoms with E-state index in [9.17, 15) is 8.42 Å². The summed E-state index contributed by atoms with van der Waals surface area (Å²) in [6, 6.07) is 4.75. The van der Waals surface area contributed by atoms with Crippen molar-refractivity contribution < 1.29 is 13.5 Å². The molecule has 0 radical (unpaired) electrons. The minimum absolute atomic E-state index is 0.0267. The Morgan fingerprint density at radius 1 is 1.47 bits per heavy atom. The van der Waals surface area contributed by atoms with Gasteiger partial charge in [-0.1, -0.05) is 19.4 Å². The number of pyridine rings is 1. The van der Waals surface area contributed by atoms with Crippen LogP contribution in [0.2, 0.25) is 0 Å². The zero-order valence-corrected chi connectivity index (χ0v) is 10.7. The van der Waals surface area contributed by atoms with E-state index in [1.807, 2.05) is 6.92 Å². The third-order valence-corrected chi connectivity index (χ3v) is 3.93. The van der Waals surface area contributed by atoms with Crippen molar-refractivity contribution in [1.29, 1.82) is 0 Å². The summed E-state index contributed by atoms with van der Waals surface area (Å²) in [5.74, 6) is 0.151. The molecule has 96 valence electrons. The van der Waals surface area contributed by atoms with Crippen LogP contribution < -0.4 is 4.72 Å². The average Bonchev–Trinajstić information content (AvgIpc) is 2.35. The van der Waals surface area contributed by atoms with Crippen molar-refractivity contribution in [2.75, 3.05) is 13.2 Å². The Morgan fingerprint density at radius 3 is 2.76 bits per heavy atom. The molecule has 6 heteroatoms. The molecule has 1 unspecified atom stereocenters.